The predicted octanol–water partition coefficient (Wildman–Crippen LogP) is 3.64. The number of carbonyl (C=O) groups excluding carboxylic acids is 2. The highest BCUT2D eigenvalue weighted by molar-refractivity contribution is 7.16. The van der Waals surface area contributed by atoms with E-state index in [-0.39, 0.29) is 23.5 Å². The van der Waals surface area contributed by atoms with Gasteiger partial charge in [-0.15, -0.1) is 11.3 Å². The van der Waals surface area contributed by atoms with Crippen molar-refractivity contribution in [2.24, 2.45) is 5.92 Å². The van der Waals surface area contributed by atoms with Crippen LogP contribution in [0, 0.1) is 11.7 Å². The Kier molecular flexibility index (Phi) is 6.27. The van der Waals surface area contributed by atoms with Gasteiger partial charge in [0.1, 0.15) is 5.82 Å². The molecule has 2 aromatic rings. The zero-order valence-corrected chi connectivity index (χ0v) is 15.8. The third-order valence-corrected chi connectivity index (χ3v) is 5.73. The number of piperidine rings is 1. The number of thiophene rings is 1. The second-order valence-electron chi connectivity index (χ2n) is 6.38. The van der Waals surface area contributed by atoms with Gasteiger partial charge in [-0.25, -0.2) is 4.39 Å². The maximum Gasteiger partial charge on any atom is 0.225 e. The van der Waals surface area contributed by atoms with Gasteiger partial charge in [0.2, 0.25) is 11.8 Å². The third kappa shape index (κ3) is 5.05. The molecule has 1 N–H and O–H groups in total. The van der Waals surface area contributed by atoms with Crippen LogP contribution in [0.15, 0.2) is 36.4 Å². The summed E-state index contributed by atoms with van der Waals surface area (Å²) in [5.74, 6) is -0.484. The molecular weight excluding hydrogens is 375 g/mol. The molecule has 0 bridgehead atoms. The predicted molar refractivity (Wildman–Crippen MR) is 101 cm³/mol. The number of nitrogens with zero attached hydrogens (tertiary/aromatic N) is 1. The fourth-order valence-corrected chi connectivity index (χ4v) is 4.09. The SMILES string of the molecule is O=C(NCc1ccc(Cl)s1)[C@H]1CCC(=O)N(CCc2cccc(F)c2)C1. The number of nitrogens with one attached hydrogen (secondary N) is 1. The molecular formula is C19H20ClFN2O2S. The maximum absolute atomic E-state index is 13.3. The Bertz CT molecular complexity index is 795. The van der Waals surface area contributed by atoms with Crippen molar-refractivity contribution in [3.63, 3.8) is 0 Å². The first kappa shape index (κ1) is 18.9. The molecule has 1 aromatic heterocycles. The summed E-state index contributed by atoms with van der Waals surface area (Å²) >= 11 is 7.33. The van der Waals surface area contributed by atoms with Crippen molar-refractivity contribution in [3.8, 4) is 0 Å². The minimum Gasteiger partial charge on any atom is -0.351 e. The lowest BCUT2D eigenvalue weighted by molar-refractivity contribution is -0.138. The molecule has 1 saturated heterocycles. The van der Waals surface area contributed by atoms with Crippen molar-refractivity contribution in [1.29, 1.82) is 0 Å². The summed E-state index contributed by atoms with van der Waals surface area (Å²) < 4.78 is 14.0. The number of halogens is 2. The van der Waals surface area contributed by atoms with E-state index in [1.807, 2.05) is 12.1 Å². The molecule has 1 fully saturated rings. The number of hydrogen-bond acceptors (Lipinski definition) is 3. The number of hydrogen-bond donors (Lipinski definition) is 1. The highest BCUT2D eigenvalue weighted by Crippen LogP contribution is 2.22. The van der Waals surface area contributed by atoms with Gasteiger partial charge in [0.05, 0.1) is 16.8 Å². The Balaban J connectivity index is 1.51. The van der Waals surface area contributed by atoms with Gasteiger partial charge in [-0.05, 0) is 42.7 Å². The van der Waals surface area contributed by atoms with Gasteiger partial charge >= 0.3 is 0 Å². The number of carbonyl (C=O) groups is 2. The number of likely N-dealkylation sites (tertiary alicyclic amines) is 1. The standard InChI is InChI=1S/C19H20ClFN2O2S/c20-17-6-5-16(26-17)11-22-19(25)14-4-7-18(24)23(12-14)9-8-13-2-1-3-15(21)10-13/h1-3,5-6,10,14H,4,7-9,11-12H2,(H,22,25)/t14-/m0/s1. The summed E-state index contributed by atoms with van der Waals surface area (Å²) in [6.07, 6.45) is 1.50. The van der Waals surface area contributed by atoms with E-state index in [0.29, 0.717) is 43.2 Å². The van der Waals surface area contributed by atoms with Crippen LogP contribution in [0.1, 0.15) is 23.3 Å². The summed E-state index contributed by atoms with van der Waals surface area (Å²) in [5.41, 5.74) is 0.846. The average Bonchev–Trinajstić information content (AvgIpc) is 3.04. The van der Waals surface area contributed by atoms with Gasteiger partial charge in [0.15, 0.2) is 0 Å². The molecule has 7 heteroatoms. The molecule has 1 aliphatic heterocycles. The van der Waals surface area contributed by atoms with Crippen LogP contribution in [-0.2, 0) is 22.6 Å². The van der Waals surface area contributed by atoms with E-state index in [1.165, 1.54) is 23.5 Å². The molecule has 3 rings (SSSR count). The lowest BCUT2D eigenvalue weighted by atomic mass is 9.96. The number of amides is 2. The smallest absolute Gasteiger partial charge is 0.225 e. The summed E-state index contributed by atoms with van der Waals surface area (Å²) in [4.78, 5) is 27.3. The van der Waals surface area contributed by atoms with Crippen molar-refractivity contribution in [2.75, 3.05) is 13.1 Å². The van der Waals surface area contributed by atoms with Gasteiger partial charge in [-0.2, -0.15) is 0 Å². The summed E-state index contributed by atoms with van der Waals surface area (Å²) in [7, 11) is 0. The lowest BCUT2D eigenvalue weighted by Crippen LogP contribution is -2.46. The molecule has 0 aliphatic carbocycles. The second-order valence-corrected chi connectivity index (χ2v) is 8.18. The molecule has 4 nitrogen and oxygen atoms in total. The summed E-state index contributed by atoms with van der Waals surface area (Å²) in [5, 5.41) is 2.92. The van der Waals surface area contributed by atoms with Crippen LogP contribution in [0.3, 0.4) is 0 Å². The molecule has 1 aliphatic rings. The normalized spacial score (nSPS) is 17.4. The molecule has 0 unspecified atom stereocenters. The van der Waals surface area contributed by atoms with Crippen LogP contribution < -0.4 is 5.32 Å². The van der Waals surface area contributed by atoms with Crippen LogP contribution in [0.5, 0.6) is 0 Å². The van der Waals surface area contributed by atoms with Crippen LogP contribution >= 0.6 is 22.9 Å². The summed E-state index contributed by atoms with van der Waals surface area (Å²) in [6.45, 7) is 1.35. The monoisotopic (exact) mass is 394 g/mol. The topological polar surface area (TPSA) is 49.4 Å². The van der Waals surface area contributed by atoms with E-state index in [2.05, 4.69) is 5.32 Å². The second kappa shape index (κ2) is 8.64. The first-order valence-corrected chi connectivity index (χ1v) is 9.75. The minimum atomic E-state index is -0.279. The Hall–Kier alpha value is -1.92. The zero-order chi connectivity index (χ0) is 18.5. The highest BCUT2D eigenvalue weighted by atomic mass is 35.5. The van der Waals surface area contributed by atoms with E-state index in [0.717, 1.165) is 10.4 Å². The Morgan fingerprint density at radius 3 is 2.92 bits per heavy atom. The van der Waals surface area contributed by atoms with Crippen LogP contribution in [0.25, 0.3) is 0 Å². The molecule has 2 amide bonds. The van der Waals surface area contributed by atoms with Gasteiger partial charge < -0.3 is 10.2 Å². The largest absolute Gasteiger partial charge is 0.351 e. The van der Waals surface area contributed by atoms with E-state index < -0.39 is 0 Å². The zero-order valence-electron chi connectivity index (χ0n) is 14.2. The van der Waals surface area contributed by atoms with Crippen molar-refractivity contribution in [3.05, 3.63) is 57.0 Å². The molecule has 26 heavy (non-hydrogen) atoms. The van der Waals surface area contributed by atoms with Gasteiger partial charge in [0.25, 0.3) is 0 Å². The Morgan fingerprint density at radius 1 is 1.35 bits per heavy atom. The minimum absolute atomic E-state index is 0.0437. The molecule has 0 spiro atoms. The fourth-order valence-electron chi connectivity index (χ4n) is 3.07. The molecule has 2 heterocycles. The Morgan fingerprint density at radius 2 is 2.19 bits per heavy atom. The van der Waals surface area contributed by atoms with Crippen LogP contribution in [-0.4, -0.2) is 29.8 Å². The molecule has 0 saturated carbocycles. The first-order chi connectivity index (χ1) is 12.5. The van der Waals surface area contributed by atoms with Crippen LogP contribution in [0.2, 0.25) is 4.34 Å². The highest BCUT2D eigenvalue weighted by Gasteiger charge is 2.29. The van der Waals surface area contributed by atoms with Gasteiger partial charge in [-0.1, -0.05) is 23.7 Å². The maximum atomic E-state index is 13.3. The molecule has 1 atom stereocenters. The summed E-state index contributed by atoms with van der Waals surface area (Å²) in [6, 6.07) is 10.1. The van der Waals surface area contributed by atoms with Crippen molar-refractivity contribution in [2.45, 2.75) is 25.8 Å². The quantitative estimate of drug-likeness (QED) is 0.813. The lowest BCUT2D eigenvalue weighted by Gasteiger charge is -2.32. The van der Waals surface area contributed by atoms with E-state index >= 15 is 0 Å². The molecule has 0 radical (unpaired) electrons. The molecule has 138 valence electrons. The average molecular weight is 395 g/mol. The first-order valence-electron chi connectivity index (χ1n) is 8.55. The molecule has 1 aromatic carbocycles. The van der Waals surface area contributed by atoms with Crippen molar-refractivity contribution >= 4 is 34.8 Å². The van der Waals surface area contributed by atoms with Gasteiger partial charge in [-0.3, -0.25) is 9.59 Å². The Labute approximate surface area is 161 Å². The number of benzene rings is 1. The van der Waals surface area contributed by atoms with Crippen LogP contribution in [0.4, 0.5) is 4.39 Å². The number of rotatable bonds is 6. The van der Waals surface area contributed by atoms with Gasteiger partial charge in [0, 0.05) is 24.4 Å². The van der Waals surface area contributed by atoms with Crippen molar-refractivity contribution < 1.29 is 14.0 Å². The third-order valence-electron chi connectivity index (χ3n) is 4.50. The van der Waals surface area contributed by atoms with E-state index in [9.17, 15) is 14.0 Å². The van der Waals surface area contributed by atoms with Crippen molar-refractivity contribution in [1.82, 2.24) is 10.2 Å². The van der Waals surface area contributed by atoms with E-state index in [1.54, 1.807) is 17.0 Å². The van der Waals surface area contributed by atoms with E-state index in [4.69, 9.17) is 11.6 Å². The fraction of sp³-hybridized carbons (Fsp3) is 0.368.